The first-order chi connectivity index (χ1) is 17.5. The highest BCUT2D eigenvalue weighted by Crippen LogP contribution is 2.42. The number of carbonyl (C=O) groups is 1. The highest BCUT2D eigenvalue weighted by Gasteiger charge is 2.34. The number of pyridine rings is 1. The fourth-order valence-corrected chi connectivity index (χ4v) is 3.98. The van der Waals surface area contributed by atoms with Crippen molar-refractivity contribution in [1.29, 1.82) is 0 Å². The predicted molar refractivity (Wildman–Crippen MR) is 134 cm³/mol. The lowest BCUT2D eigenvalue weighted by atomic mass is 9.92. The van der Waals surface area contributed by atoms with E-state index in [4.69, 9.17) is 34.4 Å². The van der Waals surface area contributed by atoms with Crippen molar-refractivity contribution in [1.82, 2.24) is 9.88 Å². The van der Waals surface area contributed by atoms with Crippen LogP contribution in [-0.2, 0) is 4.74 Å². The second kappa shape index (κ2) is 10.4. The molecule has 0 amide bonds. The quantitative estimate of drug-likeness (QED) is 0.353. The van der Waals surface area contributed by atoms with Crippen molar-refractivity contribution in [2.75, 3.05) is 35.0 Å². The van der Waals surface area contributed by atoms with Gasteiger partial charge in [-0.15, -0.1) is 0 Å². The van der Waals surface area contributed by atoms with E-state index in [0.29, 0.717) is 45.0 Å². The van der Waals surface area contributed by atoms with E-state index in [0.717, 1.165) is 0 Å². The molecule has 11 heteroatoms. The lowest BCUT2D eigenvalue weighted by Crippen LogP contribution is -2.33. The van der Waals surface area contributed by atoms with Crippen molar-refractivity contribution >= 4 is 29.5 Å². The molecule has 1 aromatic heterocycles. The van der Waals surface area contributed by atoms with Crippen molar-refractivity contribution in [2.45, 2.75) is 13.1 Å². The van der Waals surface area contributed by atoms with Crippen LogP contribution in [0.1, 0.15) is 29.1 Å². The van der Waals surface area contributed by atoms with Gasteiger partial charge in [0.1, 0.15) is 0 Å². The monoisotopic (exact) mass is 492 g/mol. The van der Waals surface area contributed by atoms with Crippen molar-refractivity contribution in [3.63, 3.8) is 0 Å². The number of ether oxygens (including phenoxy) is 5. The van der Waals surface area contributed by atoms with Crippen LogP contribution in [0.2, 0.25) is 0 Å². The lowest BCUT2D eigenvalue weighted by molar-refractivity contribution is 0.0524. The Bertz CT molecular complexity index is 1340. The van der Waals surface area contributed by atoms with E-state index in [2.05, 4.69) is 16.5 Å². The van der Waals surface area contributed by atoms with Gasteiger partial charge in [0.25, 0.3) is 6.34 Å². The minimum Gasteiger partial charge on any atom is -0.493 e. The van der Waals surface area contributed by atoms with Crippen LogP contribution in [0.25, 0.3) is 22.0 Å². The van der Waals surface area contributed by atoms with Gasteiger partial charge in [0.15, 0.2) is 29.2 Å². The van der Waals surface area contributed by atoms with E-state index in [9.17, 15) is 4.79 Å². The fraction of sp³-hybridized carbons (Fsp3) is 0.280. The molecule has 0 bridgehead atoms. The summed E-state index contributed by atoms with van der Waals surface area (Å²) in [6.07, 6.45) is 3.14. The number of nitrogens with two attached hydrogens (primary N) is 1. The van der Waals surface area contributed by atoms with Crippen LogP contribution in [0, 0.1) is 0 Å². The zero-order valence-corrected chi connectivity index (χ0v) is 20.6. The molecule has 0 spiro atoms. The number of methoxy groups -OCH3 is 4. The molecule has 0 saturated carbocycles. The van der Waals surface area contributed by atoms with Gasteiger partial charge < -0.3 is 29.4 Å². The fourth-order valence-electron chi connectivity index (χ4n) is 3.98. The lowest BCUT2D eigenvalue weighted by Gasteiger charge is -2.21. The number of carbonyl (C=O) groups excluding carboxylic acids is 1. The molecule has 0 radical (unpaired) electrons. The van der Waals surface area contributed by atoms with Gasteiger partial charge in [-0.3, -0.25) is 0 Å². The molecule has 11 nitrogen and oxygen atoms in total. The van der Waals surface area contributed by atoms with Crippen LogP contribution in [0.4, 0.5) is 0 Å². The van der Waals surface area contributed by atoms with E-state index < -0.39 is 12.1 Å². The number of aromatic nitrogens is 1. The summed E-state index contributed by atoms with van der Waals surface area (Å²) in [7, 11) is 6.15. The molecule has 4 rings (SSSR count). The van der Waals surface area contributed by atoms with Crippen molar-refractivity contribution in [2.24, 2.45) is 15.9 Å². The van der Waals surface area contributed by atoms with E-state index in [-0.39, 0.29) is 17.9 Å². The van der Waals surface area contributed by atoms with E-state index >= 15 is 0 Å². The third-order valence-electron chi connectivity index (χ3n) is 5.64. The number of benzene rings is 2. The Kier molecular flexibility index (Phi) is 7.14. The van der Waals surface area contributed by atoms with Gasteiger partial charge in [-0.2, -0.15) is 0 Å². The van der Waals surface area contributed by atoms with Crippen LogP contribution in [0.3, 0.4) is 0 Å². The van der Waals surface area contributed by atoms with Gasteiger partial charge in [-0.05, 0) is 35.8 Å². The molecule has 1 aliphatic rings. The molecule has 2 N–H and O–H groups in total. The molecule has 1 aliphatic heterocycles. The molecule has 1 atom stereocenters. The summed E-state index contributed by atoms with van der Waals surface area (Å²) in [4.78, 5) is 19.6. The summed E-state index contributed by atoms with van der Waals surface area (Å²) in [5.41, 5.74) is 8.66. The minimum atomic E-state index is -0.934. The van der Waals surface area contributed by atoms with Crippen molar-refractivity contribution in [3.05, 3.63) is 41.6 Å². The maximum Gasteiger partial charge on any atom is 0.348 e. The molecule has 2 heterocycles. The zero-order chi connectivity index (χ0) is 25.8. The summed E-state index contributed by atoms with van der Waals surface area (Å²) in [5.74, 6) is 1.35. The Hall–Kier alpha value is -4.47. The topological polar surface area (TPSA) is 130 Å². The molecule has 186 valence electrons. The number of nitrogens with zero attached hydrogens (tertiary/aromatic N) is 4. The molecule has 2 aromatic carbocycles. The molecule has 3 aromatic rings. The van der Waals surface area contributed by atoms with E-state index in [1.54, 1.807) is 38.3 Å². The third kappa shape index (κ3) is 4.33. The average molecular weight is 493 g/mol. The van der Waals surface area contributed by atoms with Crippen LogP contribution >= 0.6 is 0 Å². The first-order valence-electron chi connectivity index (χ1n) is 11.0. The van der Waals surface area contributed by atoms with Crippen LogP contribution < -0.4 is 24.7 Å². The molecular formula is C25H26N5O6+. The molecule has 36 heavy (non-hydrogen) atoms. The Labute approximate surface area is 208 Å². The van der Waals surface area contributed by atoms with Crippen LogP contribution in [0.15, 0.2) is 40.5 Å². The average Bonchev–Trinajstić information content (AvgIpc) is 3.45. The maximum atomic E-state index is 13.5. The van der Waals surface area contributed by atoms with Crippen molar-refractivity contribution in [3.8, 4) is 34.1 Å². The van der Waals surface area contributed by atoms with Crippen LogP contribution in [-0.4, -0.2) is 63.6 Å². The first-order valence-corrected chi connectivity index (χ1v) is 11.0. The van der Waals surface area contributed by atoms with Gasteiger partial charge in [0, 0.05) is 17.0 Å². The molecule has 0 fully saturated rings. The Morgan fingerprint density at radius 1 is 1.00 bits per heavy atom. The normalized spacial score (nSPS) is 12.9. The van der Waals surface area contributed by atoms with Gasteiger partial charge in [-0.1, -0.05) is 11.0 Å². The van der Waals surface area contributed by atoms with Crippen LogP contribution in [0.5, 0.6) is 23.0 Å². The smallest absolute Gasteiger partial charge is 0.348 e. The third-order valence-corrected chi connectivity index (χ3v) is 5.64. The number of hydrogen-bond acceptors (Lipinski definition) is 11. The molecular weight excluding hydrogens is 466 g/mol. The van der Waals surface area contributed by atoms with Gasteiger partial charge in [0.2, 0.25) is 0 Å². The SMILES string of the molecule is CCOC(=O)c1c(C(N)N2[C+]=NN=C2)nc2cc(OC)c(OC)cc2c1-c1ccc(OC)c(OC)c1. The first kappa shape index (κ1) is 24.6. The number of hydrogen-bond donors (Lipinski definition) is 1. The number of rotatable bonds is 9. The van der Waals surface area contributed by atoms with Gasteiger partial charge in [0.05, 0.1) is 56.9 Å². The zero-order valence-electron chi connectivity index (χ0n) is 20.6. The summed E-state index contributed by atoms with van der Waals surface area (Å²) >= 11 is 0. The molecule has 0 saturated heterocycles. The van der Waals surface area contributed by atoms with Gasteiger partial charge in [-0.25, -0.2) is 9.78 Å². The van der Waals surface area contributed by atoms with Crippen molar-refractivity contribution < 1.29 is 28.5 Å². The highest BCUT2D eigenvalue weighted by molar-refractivity contribution is 6.09. The maximum absolute atomic E-state index is 13.5. The Morgan fingerprint density at radius 2 is 1.67 bits per heavy atom. The summed E-state index contributed by atoms with van der Waals surface area (Å²) in [6.45, 7) is 1.88. The molecule has 1 unspecified atom stereocenters. The largest absolute Gasteiger partial charge is 0.493 e. The second-order valence-corrected chi connectivity index (χ2v) is 7.54. The second-order valence-electron chi connectivity index (χ2n) is 7.54. The number of esters is 1. The predicted octanol–water partition coefficient (Wildman–Crippen LogP) is 3.23. The number of fused-ring (bicyclic) bond motifs is 1. The minimum absolute atomic E-state index is 0.154. The van der Waals surface area contributed by atoms with Gasteiger partial charge >= 0.3 is 12.3 Å². The Morgan fingerprint density at radius 3 is 2.28 bits per heavy atom. The molecule has 0 aliphatic carbocycles. The summed E-state index contributed by atoms with van der Waals surface area (Å²) < 4.78 is 27.4. The Balaban J connectivity index is 2.13. The standard InChI is InChI=1S/C25H26N5O6/c1-6-36-25(31)22-21(14-7-8-17(32-2)18(9-14)33-3)15-10-19(34-4)20(35-5)11-16(15)29-23(22)24(26)30-12-27-28-13-30/h7-12,24H,6,26H2,1-5H3/q+1. The highest BCUT2D eigenvalue weighted by atomic mass is 16.5. The summed E-state index contributed by atoms with van der Waals surface area (Å²) in [6, 6.07) is 8.82. The van der Waals surface area contributed by atoms with E-state index in [1.807, 2.05) is 6.07 Å². The van der Waals surface area contributed by atoms with E-state index in [1.165, 1.54) is 32.6 Å². The summed E-state index contributed by atoms with van der Waals surface area (Å²) in [5, 5.41) is 8.11.